The molecule has 6 nitrogen and oxygen atoms in total. The third kappa shape index (κ3) is 3.60. The maximum Gasteiger partial charge on any atom is 0.433 e. The van der Waals surface area contributed by atoms with Crippen LogP contribution >= 0.6 is 0 Å². The Morgan fingerprint density at radius 2 is 1.76 bits per heavy atom. The van der Waals surface area contributed by atoms with E-state index in [-0.39, 0.29) is 16.4 Å². The fourth-order valence-corrected chi connectivity index (χ4v) is 2.37. The second kappa shape index (κ2) is 5.20. The SMILES string of the molecule is Nc1ccc(S(=O)(=O)Nc2ccc(C(F)(F)F)nc2)cn1. The first-order valence-electron chi connectivity index (χ1n) is 5.46. The van der Waals surface area contributed by atoms with Crippen LogP contribution in [0.2, 0.25) is 0 Å². The molecule has 112 valence electrons. The van der Waals surface area contributed by atoms with Gasteiger partial charge in [0, 0.05) is 6.20 Å². The monoisotopic (exact) mass is 318 g/mol. The molecule has 0 aliphatic rings. The van der Waals surface area contributed by atoms with Crippen molar-refractivity contribution < 1.29 is 21.6 Å². The van der Waals surface area contributed by atoms with Crippen LogP contribution in [0.1, 0.15) is 5.69 Å². The lowest BCUT2D eigenvalue weighted by Crippen LogP contribution is -2.14. The second-order valence-corrected chi connectivity index (χ2v) is 5.64. The van der Waals surface area contributed by atoms with Gasteiger partial charge >= 0.3 is 6.18 Å². The zero-order valence-corrected chi connectivity index (χ0v) is 11.1. The van der Waals surface area contributed by atoms with Crippen molar-refractivity contribution in [2.24, 2.45) is 0 Å². The largest absolute Gasteiger partial charge is 0.433 e. The first-order valence-corrected chi connectivity index (χ1v) is 6.94. The number of aromatic nitrogens is 2. The average Bonchev–Trinajstić information content (AvgIpc) is 2.38. The molecule has 0 bridgehead atoms. The van der Waals surface area contributed by atoms with Gasteiger partial charge in [-0.05, 0) is 24.3 Å². The van der Waals surface area contributed by atoms with Crippen molar-refractivity contribution in [3.63, 3.8) is 0 Å². The van der Waals surface area contributed by atoms with Crippen LogP contribution in [0.3, 0.4) is 0 Å². The zero-order chi connectivity index (χ0) is 15.7. The summed E-state index contributed by atoms with van der Waals surface area (Å²) in [5.74, 6) is 0.144. The molecule has 2 rings (SSSR count). The highest BCUT2D eigenvalue weighted by Crippen LogP contribution is 2.28. The van der Waals surface area contributed by atoms with E-state index in [4.69, 9.17) is 5.73 Å². The summed E-state index contributed by atoms with van der Waals surface area (Å²) >= 11 is 0. The van der Waals surface area contributed by atoms with Crippen molar-refractivity contribution in [3.8, 4) is 0 Å². The van der Waals surface area contributed by atoms with E-state index >= 15 is 0 Å². The van der Waals surface area contributed by atoms with Crippen LogP contribution in [0.25, 0.3) is 0 Å². The Kier molecular flexibility index (Phi) is 3.73. The normalized spacial score (nSPS) is 12.1. The van der Waals surface area contributed by atoms with Gasteiger partial charge in [-0.15, -0.1) is 0 Å². The minimum atomic E-state index is -4.59. The molecule has 3 N–H and O–H groups in total. The number of hydrogen-bond acceptors (Lipinski definition) is 5. The minimum Gasteiger partial charge on any atom is -0.384 e. The topological polar surface area (TPSA) is 98.0 Å². The number of nitrogens with two attached hydrogens (primary N) is 1. The van der Waals surface area contributed by atoms with Crippen LogP contribution in [-0.2, 0) is 16.2 Å². The lowest BCUT2D eigenvalue weighted by molar-refractivity contribution is -0.141. The first-order chi connectivity index (χ1) is 9.68. The van der Waals surface area contributed by atoms with Crippen LogP contribution < -0.4 is 10.5 Å². The molecule has 0 aromatic carbocycles. The third-order valence-electron chi connectivity index (χ3n) is 2.38. The molecule has 10 heteroatoms. The molecule has 0 radical (unpaired) electrons. The number of nitrogens with zero attached hydrogens (tertiary/aromatic N) is 2. The highest BCUT2D eigenvalue weighted by atomic mass is 32.2. The molecule has 0 spiro atoms. The van der Waals surface area contributed by atoms with Gasteiger partial charge in [0.1, 0.15) is 16.4 Å². The fraction of sp³-hybridized carbons (Fsp3) is 0.0909. The molecule has 2 aromatic rings. The number of sulfonamides is 1. The molecular weight excluding hydrogens is 309 g/mol. The predicted octanol–water partition coefficient (Wildman–Crippen LogP) is 1.88. The van der Waals surface area contributed by atoms with Gasteiger partial charge in [-0.3, -0.25) is 4.72 Å². The summed E-state index contributed by atoms with van der Waals surface area (Å²) in [6, 6.07) is 4.17. The molecule has 0 saturated heterocycles. The summed E-state index contributed by atoms with van der Waals surface area (Å²) in [7, 11) is -3.97. The van der Waals surface area contributed by atoms with Crippen molar-refractivity contribution in [1.82, 2.24) is 9.97 Å². The minimum absolute atomic E-state index is 0.0974. The molecule has 0 amide bonds. The Morgan fingerprint density at radius 3 is 2.24 bits per heavy atom. The molecule has 0 saturated carbocycles. The van der Waals surface area contributed by atoms with Crippen molar-refractivity contribution in [3.05, 3.63) is 42.4 Å². The summed E-state index contributed by atoms with van der Waals surface area (Å²) < 4.78 is 63.0. The van der Waals surface area contributed by atoms with E-state index in [1.54, 1.807) is 0 Å². The Balaban J connectivity index is 2.23. The van der Waals surface area contributed by atoms with E-state index in [0.29, 0.717) is 6.07 Å². The number of rotatable bonds is 3. The molecule has 2 aromatic heterocycles. The van der Waals surface area contributed by atoms with E-state index in [0.717, 1.165) is 18.5 Å². The van der Waals surface area contributed by atoms with Crippen molar-refractivity contribution in [2.75, 3.05) is 10.5 Å². The fourth-order valence-electron chi connectivity index (χ4n) is 1.39. The van der Waals surface area contributed by atoms with E-state index in [1.165, 1.54) is 12.1 Å². The van der Waals surface area contributed by atoms with E-state index in [2.05, 4.69) is 14.7 Å². The predicted molar refractivity (Wildman–Crippen MR) is 68.7 cm³/mol. The van der Waals surface area contributed by atoms with E-state index < -0.39 is 21.9 Å². The Labute approximate surface area is 117 Å². The number of nitrogen functional groups attached to an aromatic ring is 1. The lowest BCUT2D eigenvalue weighted by Gasteiger charge is -2.09. The maximum absolute atomic E-state index is 12.3. The Bertz CT molecular complexity index is 728. The van der Waals surface area contributed by atoms with Gasteiger partial charge in [0.15, 0.2) is 0 Å². The molecule has 0 aliphatic heterocycles. The Morgan fingerprint density at radius 1 is 1.05 bits per heavy atom. The number of anilines is 2. The summed E-state index contributed by atoms with van der Waals surface area (Å²) in [6.07, 6.45) is -2.77. The quantitative estimate of drug-likeness (QED) is 0.900. The van der Waals surface area contributed by atoms with Gasteiger partial charge in [0.25, 0.3) is 10.0 Å². The molecule has 0 unspecified atom stereocenters. The smallest absolute Gasteiger partial charge is 0.384 e. The molecular formula is C11H9F3N4O2S. The first kappa shape index (κ1) is 15.0. The number of alkyl halides is 3. The van der Waals surface area contributed by atoms with Crippen LogP contribution in [0.15, 0.2) is 41.6 Å². The van der Waals surface area contributed by atoms with Gasteiger partial charge in [0.2, 0.25) is 0 Å². The Hall–Kier alpha value is -2.36. The number of halogens is 3. The summed E-state index contributed by atoms with van der Waals surface area (Å²) in [5, 5.41) is 0. The summed E-state index contributed by atoms with van der Waals surface area (Å²) in [5.41, 5.74) is 4.13. The van der Waals surface area contributed by atoms with E-state index in [1.807, 2.05) is 0 Å². The van der Waals surface area contributed by atoms with Crippen molar-refractivity contribution in [2.45, 2.75) is 11.1 Å². The molecule has 21 heavy (non-hydrogen) atoms. The van der Waals surface area contributed by atoms with Gasteiger partial charge in [0.05, 0.1) is 11.9 Å². The third-order valence-corrected chi connectivity index (χ3v) is 3.74. The average molecular weight is 318 g/mol. The highest BCUT2D eigenvalue weighted by molar-refractivity contribution is 7.92. The summed E-state index contributed by atoms with van der Waals surface area (Å²) in [6.45, 7) is 0. The second-order valence-electron chi connectivity index (χ2n) is 3.95. The molecule has 0 aliphatic carbocycles. The van der Waals surface area contributed by atoms with Gasteiger partial charge in [-0.25, -0.2) is 18.4 Å². The van der Waals surface area contributed by atoms with Gasteiger partial charge in [-0.1, -0.05) is 0 Å². The van der Waals surface area contributed by atoms with Crippen LogP contribution in [-0.4, -0.2) is 18.4 Å². The summed E-state index contributed by atoms with van der Waals surface area (Å²) in [4.78, 5) is 6.61. The number of nitrogens with one attached hydrogen (secondary N) is 1. The maximum atomic E-state index is 12.3. The zero-order valence-electron chi connectivity index (χ0n) is 10.3. The van der Waals surface area contributed by atoms with Crippen LogP contribution in [0.5, 0.6) is 0 Å². The molecule has 0 fully saturated rings. The van der Waals surface area contributed by atoms with E-state index in [9.17, 15) is 21.6 Å². The molecule has 0 atom stereocenters. The lowest BCUT2D eigenvalue weighted by atomic mass is 10.3. The van der Waals surface area contributed by atoms with Gasteiger partial charge in [-0.2, -0.15) is 13.2 Å². The molecule has 2 heterocycles. The van der Waals surface area contributed by atoms with Crippen LogP contribution in [0, 0.1) is 0 Å². The van der Waals surface area contributed by atoms with Gasteiger partial charge < -0.3 is 5.73 Å². The standard InChI is InChI=1S/C11H9F3N4O2S/c12-11(13,14)9-3-1-7(5-16-9)18-21(19,20)8-2-4-10(15)17-6-8/h1-6,18H,(H2,15,17). The highest BCUT2D eigenvalue weighted by Gasteiger charge is 2.32. The van der Waals surface area contributed by atoms with Crippen molar-refractivity contribution >= 4 is 21.5 Å². The van der Waals surface area contributed by atoms with Crippen molar-refractivity contribution in [1.29, 1.82) is 0 Å². The number of pyridine rings is 2. The number of hydrogen-bond donors (Lipinski definition) is 2. The van der Waals surface area contributed by atoms with Crippen LogP contribution in [0.4, 0.5) is 24.7 Å².